The number of rotatable bonds is 4. The quantitative estimate of drug-likeness (QED) is 0.335. The zero-order valence-corrected chi connectivity index (χ0v) is 23.6. The number of nitrogens with one attached hydrogen (secondary N) is 2. The highest BCUT2D eigenvalue weighted by molar-refractivity contribution is 5.63. The Morgan fingerprint density at radius 1 is 0.786 bits per heavy atom. The Kier molecular flexibility index (Phi) is 10.1. The van der Waals surface area contributed by atoms with Crippen molar-refractivity contribution in [3.63, 3.8) is 0 Å². The van der Waals surface area contributed by atoms with E-state index in [0.717, 1.165) is 36.9 Å². The maximum atomic E-state index is 13.7. The van der Waals surface area contributed by atoms with Crippen LogP contribution in [0.15, 0.2) is 42.6 Å². The van der Waals surface area contributed by atoms with E-state index in [1.165, 1.54) is 24.4 Å². The molecule has 0 amide bonds. The van der Waals surface area contributed by atoms with Crippen LogP contribution in [-0.2, 0) is 25.2 Å². The largest absolute Gasteiger partial charge is 0.419 e. The first-order valence-electron chi connectivity index (χ1n) is 14.2. The molecule has 0 spiro atoms. The molecule has 1 saturated heterocycles. The van der Waals surface area contributed by atoms with Crippen molar-refractivity contribution in [2.45, 2.75) is 51.9 Å². The Labute approximate surface area is 241 Å². The lowest BCUT2D eigenvalue weighted by atomic mass is 10.1. The van der Waals surface area contributed by atoms with Crippen molar-refractivity contribution in [2.24, 2.45) is 0 Å². The minimum atomic E-state index is -4.53. The molecule has 42 heavy (non-hydrogen) atoms. The molecular weight excluding hydrogens is 560 g/mol. The lowest BCUT2D eigenvalue weighted by Gasteiger charge is -2.29. The van der Waals surface area contributed by atoms with Crippen LogP contribution in [0.2, 0.25) is 0 Å². The predicted molar refractivity (Wildman–Crippen MR) is 151 cm³/mol. The van der Waals surface area contributed by atoms with Crippen LogP contribution in [0.3, 0.4) is 0 Å². The molecule has 7 nitrogen and oxygen atoms in total. The van der Waals surface area contributed by atoms with Gasteiger partial charge in [0.15, 0.2) is 0 Å². The second-order valence-electron chi connectivity index (χ2n) is 9.80. The highest BCUT2D eigenvalue weighted by Gasteiger charge is 2.36. The average molecular weight is 596 g/mol. The predicted octanol–water partition coefficient (Wildman–Crippen LogP) is 6.47. The Morgan fingerprint density at radius 3 is 2.17 bits per heavy atom. The molecule has 0 aliphatic carbocycles. The first kappa shape index (κ1) is 31.3. The molecule has 2 aromatic heterocycles. The smallest absolute Gasteiger partial charge is 0.356 e. The van der Waals surface area contributed by atoms with E-state index in [1.807, 2.05) is 18.7 Å². The van der Waals surface area contributed by atoms with Gasteiger partial charge in [0.05, 0.1) is 16.8 Å². The van der Waals surface area contributed by atoms with Crippen LogP contribution in [0.5, 0.6) is 0 Å². The van der Waals surface area contributed by atoms with E-state index >= 15 is 0 Å². The molecule has 0 radical (unpaired) electrons. The van der Waals surface area contributed by atoms with E-state index in [4.69, 9.17) is 9.97 Å². The summed E-state index contributed by atoms with van der Waals surface area (Å²) in [6, 6.07) is 7.07. The SMILES string of the molecule is CC.FC(F)(F)c1ccc(Nc2nc(N3CCNCC3)nc3c2CCCCN(c2ncccc2C(F)(F)F)CC3)cc1. The summed E-state index contributed by atoms with van der Waals surface area (Å²) in [5, 5.41) is 6.47. The third-order valence-corrected chi connectivity index (χ3v) is 7.07. The molecular formula is C29H35F6N7. The maximum absolute atomic E-state index is 13.7. The van der Waals surface area contributed by atoms with E-state index in [0.29, 0.717) is 68.5 Å². The normalized spacial score (nSPS) is 16.4. The van der Waals surface area contributed by atoms with Gasteiger partial charge < -0.3 is 20.4 Å². The number of aromatic nitrogens is 3. The molecule has 1 fully saturated rings. The van der Waals surface area contributed by atoms with Gasteiger partial charge in [-0.1, -0.05) is 13.8 Å². The number of hydrogen-bond acceptors (Lipinski definition) is 7. The van der Waals surface area contributed by atoms with Crippen LogP contribution in [0.1, 0.15) is 49.1 Å². The number of piperazine rings is 1. The second-order valence-corrected chi connectivity index (χ2v) is 9.80. The van der Waals surface area contributed by atoms with Crippen molar-refractivity contribution in [2.75, 3.05) is 54.4 Å². The zero-order valence-electron chi connectivity index (χ0n) is 23.6. The molecule has 2 aliphatic rings. The van der Waals surface area contributed by atoms with Crippen LogP contribution < -0.4 is 20.4 Å². The molecule has 228 valence electrons. The van der Waals surface area contributed by atoms with Crippen LogP contribution in [0.4, 0.5) is 49.6 Å². The Morgan fingerprint density at radius 2 is 1.50 bits per heavy atom. The minimum absolute atomic E-state index is 0.0991. The fraction of sp³-hybridized carbons (Fsp3) is 0.483. The molecule has 0 bridgehead atoms. The minimum Gasteiger partial charge on any atom is -0.356 e. The van der Waals surface area contributed by atoms with Gasteiger partial charge in [-0.3, -0.25) is 0 Å². The maximum Gasteiger partial charge on any atom is 0.419 e. The number of pyridine rings is 1. The van der Waals surface area contributed by atoms with Gasteiger partial charge in [0.2, 0.25) is 5.95 Å². The summed E-state index contributed by atoms with van der Waals surface area (Å²) in [6.45, 7) is 7.51. The van der Waals surface area contributed by atoms with Gasteiger partial charge in [-0.05, 0) is 55.7 Å². The van der Waals surface area contributed by atoms with Gasteiger partial charge in [-0.15, -0.1) is 0 Å². The molecule has 0 saturated carbocycles. The number of benzene rings is 1. The third kappa shape index (κ3) is 7.61. The van der Waals surface area contributed by atoms with Crippen molar-refractivity contribution in [3.8, 4) is 0 Å². The number of fused-ring (bicyclic) bond motifs is 1. The molecule has 3 aromatic rings. The number of halogens is 6. The number of nitrogens with zero attached hydrogens (tertiary/aromatic N) is 5. The Balaban J connectivity index is 0.00000198. The van der Waals surface area contributed by atoms with Crippen molar-refractivity contribution in [3.05, 3.63) is 65.0 Å². The molecule has 4 heterocycles. The van der Waals surface area contributed by atoms with Gasteiger partial charge in [-0.2, -0.15) is 31.3 Å². The molecule has 1 aromatic carbocycles. The topological polar surface area (TPSA) is 69.2 Å². The van der Waals surface area contributed by atoms with Gasteiger partial charge in [0, 0.05) is 63.1 Å². The van der Waals surface area contributed by atoms with Gasteiger partial charge in [-0.25, -0.2) is 9.97 Å². The molecule has 0 unspecified atom stereocenters. The van der Waals surface area contributed by atoms with Gasteiger partial charge >= 0.3 is 12.4 Å². The average Bonchev–Trinajstić information content (AvgIpc) is 3.09. The number of hydrogen-bond donors (Lipinski definition) is 2. The summed E-state index contributed by atoms with van der Waals surface area (Å²) in [5.74, 6) is 0.882. The van der Waals surface area contributed by atoms with Crippen molar-refractivity contribution in [1.29, 1.82) is 0 Å². The highest BCUT2D eigenvalue weighted by atomic mass is 19.4. The fourth-order valence-corrected chi connectivity index (χ4v) is 5.01. The van der Waals surface area contributed by atoms with E-state index in [-0.39, 0.29) is 12.4 Å². The zero-order chi connectivity index (χ0) is 30.3. The molecule has 0 atom stereocenters. The van der Waals surface area contributed by atoms with E-state index in [2.05, 4.69) is 15.6 Å². The van der Waals surface area contributed by atoms with Crippen LogP contribution in [0, 0.1) is 0 Å². The van der Waals surface area contributed by atoms with Gasteiger partial charge in [0.1, 0.15) is 11.6 Å². The Bertz CT molecular complexity index is 1310. The highest BCUT2D eigenvalue weighted by Crippen LogP contribution is 2.36. The molecule has 2 aliphatic heterocycles. The lowest BCUT2D eigenvalue weighted by molar-refractivity contribution is -0.138. The summed E-state index contributed by atoms with van der Waals surface area (Å²) in [6.07, 6.45) is -5.41. The summed E-state index contributed by atoms with van der Waals surface area (Å²) < 4.78 is 80.5. The van der Waals surface area contributed by atoms with Crippen LogP contribution in [0.25, 0.3) is 0 Å². The number of anilines is 4. The van der Waals surface area contributed by atoms with Crippen molar-refractivity contribution in [1.82, 2.24) is 20.3 Å². The van der Waals surface area contributed by atoms with Gasteiger partial charge in [0.25, 0.3) is 0 Å². The summed E-state index contributed by atoms with van der Waals surface area (Å²) in [4.78, 5) is 17.4. The van der Waals surface area contributed by atoms with Crippen LogP contribution >= 0.6 is 0 Å². The first-order chi connectivity index (χ1) is 20.1. The fourth-order valence-electron chi connectivity index (χ4n) is 5.01. The third-order valence-electron chi connectivity index (χ3n) is 7.07. The van der Waals surface area contributed by atoms with Crippen molar-refractivity contribution >= 4 is 23.3 Å². The summed E-state index contributed by atoms with van der Waals surface area (Å²) in [5.41, 5.74) is 0.446. The van der Waals surface area contributed by atoms with Crippen molar-refractivity contribution < 1.29 is 26.3 Å². The van der Waals surface area contributed by atoms with E-state index in [1.54, 1.807) is 4.90 Å². The van der Waals surface area contributed by atoms with E-state index in [9.17, 15) is 26.3 Å². The molecule has 2 N–H and O–H groups in total. The lowest BCUT2D eigenvalue weighted by Crippen LogP contribution is -2.44. The summed E-state index contributed by atoms with van der Waals surface area (Å²) >= 11 is 0. The molecule has 13 heteroatoms. The second kappa shape index (κ2) is 13.6. The summed E-state index contributed by atoms with van der Waals surface area (Å²) in [7, 11) is 0. The first-order valence-corrected chi connectivity index (χ1v) is 14.2. The molecule has 5 rings (SSSR count). The standard InChI is InChI=1S/C27H29F6N7.C2H6/c28-26(29,30)18-6-8-19(9-7-18)36-23-20-4-1-2-14-39(24-21(27(31,32)33)5-3-11-35-24)15-10-22(20)37-25(38-23)40-16-12-34-13-17-40;1-2/h3,5-9,11,34H,1-2,4,10,12-17H2,(H,36,37,38);1-2H3. The Hall–Kier alpha value is -3.61. The number of alkyl halides is 6. The monoisotopic (exact) mass is 595 g/mol. The van der Waals surface area contributed by atoms with E-state index < -0.39 is 23.5 Å². The van der Waals surface area contributed by atoms with Crippen LogP contribution in [-0.4, -0.2) is 54.2 Å².